The molecule has 0 saturated heterocycles. The molecule has 0 aromatic heterocycles. The predicted molar refractivity (Wildman–Crippen MR) is 59.4 cm³/mol. The number of aliphatic hydroxyl groups excluding tert-OH is 1. The summed E-state index contributed by atoms with van der Waals surface area (Å²) in [7, 11) is 0. The van der Waals surface area contributed by atoms with Gasteiger partial charge >= 0.3 is 5.97 Å². The highest BCUT2D eigenvalue weighted by Gasteiger charge is 2.23. The lowest BCUT2D eigenvalue weighted by molar-refractivity contribution is -0.155. The number of hydrogen-bond acceptors (Lipinski definition) is 4. The fraction of sp³-hybridized carbons (Fsp3) is 0.636. The molecule has 0 heterocycles. The van der Waals surface area contributed by atoms with Gasteiger partial charge < -0.3 is 15.2 Å². The molecule has 2 N–H and O–H groups in total. The van der Waals surface area contributed by atoms with Gasteiger partial charge in [-0.2, -0.15) is 0 Å². The van der Waals surface area contributed by atoms with Gasteiger partial charge in [0.2, 0.25) is 12.1 Å². The summed E-state index contributed by atoms with van der Waals surface area (Å²) in [6.07, 6.45) is -0.755. The Hall–Kier alpha value is -1.36. The summed E-state index contributed by atoms with van der Waals surface area (Å²) < 4.78 is 4.92. The molecule has 1 amide bonds. The van der Waals surface area contributed by atoms with Crippen molar-refractivity contribution in [2.75, 3.05) is 0 Å². The van der Waals surface area contributed by atoms with Gasteiger partial charge in [0.25, 0.3) is 0 Å². The molecule has 0 aliphatic heterocycles. The van der Waals surface area contributed by atoms with Crippen LogP contribution in [0.15, 0.2) is 12.2 Å². The first-order valence-corrected chi connectivity index (χ1v) is 5.20. The van der Waals surface area contributed by atoms with Crippen molar-refractivity contribution in [1.82, 2.24) is 5.32 Å². The summed E-state index contributed by atoms with van der Waals surface area (Å²) >= 11 is 0. The molecule has 0 spiro atoms. The maximum atomic E-state index is 11.3. The van der Waals surface area contributed by atoms with Crippen LogP contribution in [0.25, 0.3) is 0 Å². The van der Waals surface area contributed by atoms with Crippen molar-refractivity contribution in [3.8, 4) is 0 Å². The van der Waals surface area contributed by atoms with Crippen molar-refractivity contribution in [2.45, 2.75) is 45.9 Å². The molecule has 5 nitrogen and oxygen atoms in total. The van der Waals surface area contributed by atoms with E-state index in [2.05, 4.69) is 11.9 Å². The number of esters is 1. The predicted octanol–water partition coefficient (Wildman–Crippen LogP) is 0.729. The van der Waals surface area contributed by atoms with Gasteiger partial charge in [0.1, 0.15) is 6.10 Å². The molecule has 2 atom stereocenters. The van der Waals surface area contributed by atoms with Crippen LogP contribution in [0.2, 0.25) is 0 Å². The number of amides is 1. The standard InChI is InChI=1S/C11H19NO4/c1-5-6-9(14)10(12-8(4)13)16-11(15)7(2)3/h9-10,14H,2,5-6H2,1,3-4H3,(H,12,13). The minimum Gasteiger partial charge on any atom is -0.435 e. The van der Waals surface area contributed by atoms with Crippen molar-refractivity contribution in [1.29, 1.82) is 0 Å². The van der Waals surface area contributed by atoms with Crippen LogP contribution < -0.4 is 5.32 Å². The second-order valence-corrected chi connectivity index (χ2v) is 3.66. The normalized spacial score (nSPS) is 13.8. The van der Waals surface area contributed by atoms with Crippen molar-refractivity contribution in [3.05, 3.63) is 12.2 Å². The summed E-state index contributed by atoms with van der Waals surface area (Å²) in [5, 5.41) is 12.0. The number of carbonyl (C=O) groups excluding carboxylic acids is 2. The number of aliphatic hydroxyl groups is 1. The van der Waals surface area contributed by atoms with Gasteiger partial charge in [-0.05, 0) is 13.3 Å². The lowest BCUT2D eigenvalue weighted by Crippen LogP contribution is -2.45. The topological polar surface area (TPSA) is 75.6 Å². The van der Waals surface area contributed by atoms with Crippen molar-refractivity contribution >= 4 is 11.9 Å². The highest BCUT2D eigenvalue weighted by Crippen LogP contribution is 2.06. The van der Waals surface area contributed by atoms with E-state index in [4.69, 9.17) is 4.74 Å². The number of ether oxygens (including phenoxy) is 1. The zero-order valence-corrected chi connectivity index (χ0v) is 9.95. The lowest BCUT2D eigenvalue weighted by Gasteiger charge is -2.23. The quantitative estimate of drug-likeness (QED) is 0.400. The zero-order chi connectivity index (χ0) is 12.7. The third-order valence-electron chi connectivity index (χ3n) is 1.86. The van der Waals surface area contributed by atoms with Gasteiger partial charge in [0.05, 0.1) is 0 Å². The molecule has 0 bridgehead atoms. The largest absolute Gasteiger partial charge is 0.435 e. The van der Waals surface area contributed by atoms with Gasteiger partial charge in [-0.25, -0.2) is 4.79 Å². The average molecular weight is 229 g/mol. The van der Waals surface area contributed by atoms with Crippen LogP contribution in [0.5, 0.6) is 0 Å². The smallest absolute Gasteiger partial charge is 0.335 e. The van der Waals surface area contributed by atoms with Crippen LogP contribution >= 0.6 is 0 Å². The van der Waals surface area contributed by atoms with E-state index in [1.165, 1.54) is 13.8 Å². The highest BCUT2D eigenvalue weighted by molar-refractivity contribution is 5.87. The van der Waals surface area contributed by atoms with Gasteiger partial charge in [-0.1, -0.05) is 19.9 Å². The van der Waals surface area contributed by atoms with E-state index in [1.54, 1.807) is 0 Å². The van der Waals surface area contributed by atoms with Crippen LogP contribution in [0.4, 0.5) is 0 Å². The first-order chi connectivity index (χ1) is 7.38. The van der Waals surface area contributed by atoms with Crippen LogP contribution in [0, 0.1) is 0 Å². The Bertz CT molecular complexity index is 275. The van der Waals surface area contributed by atoms with E-state index < -0.39 is 18.3 Å². The lowest BCUT2D eigenvalue weighted by atomic mass is 10.2. The summed E-state index contributed by atoms with van der Waals surface area (Å²) in [5.41, 5.74) is 0.221. The first-order valence-electron chi connectivity index (χ1n) is 5.20. The molecule has 92 valence electrons. The van der Waals surface area contributed by atoms with E-state index in [0.717, 1.165) is 6.42 Å². The SMILES string of the molecule is C=C(C)C(=O)OC(NC(C)=O)C(O)CCC. The zero-order valence-electron chi connectivity index (χ0n) is 9.95. The fourth-order valence-electron chi connectivity index (χ4n) is 1.07. The van der Waals surface area contributed by atoms with E-state index >= 15 is 0 Å². The third kappa shape index (κ3) is 5.50. The average Bonchev–Trinajstić information content (AvgIpc) is 2.16. The molecule has 0 fully saturated rings. The molecule has 5 heteroatoms. The van der Waals surface area contributed by atoms with E-state index in [9.17, 15) is 14.7 Å². The Morgan fingerprint density at radius 3 is 2.38 bits per heavy atom. The number of nitrogens with one attached hydrogen (secondary N) is 1. The van der Waals surface area contributed by atoms with Gasteiger partial charge in [-0.3, -0.25) is 4.79 Å². The van der Waals surface area contributed by atoms with E-state index in [1.807, 2.05) is 6.92 Å². The van der Waals surface area contributed by atoms with Crippen LogP contribution in [-0.4, -0.2) is 29.3 Å². The molecular formula is C11H19NO4. The molecule has 0 aromatic rings. The van der Waals surface area contributed by atoms with Crippen molar-refractivity contribution in [3.63, 3.8) is 0 Å². The molecule has 0 radical (unpaired) electrons. The summed E-state index contributed by atoms with van der Waals surface area (Å²) in [6.45, 7) is 8.10. The van der Waals surface area contributed by atoms with Crippen LogP contribution in [0.1, 0.15) is 33.6 Å². The van der Waals surface area contributed by atoms with Crippen molar-refractivity contribution in [2.24, 2.45) is 0 Å². The van der Waals surface area contributed by atoms with E-state index in [-0.39, 0.29) is 11.5 Å². The minimum atomic E-state index is -1.01. The molecule has 2 unspecified atom stereocenters. The third-order valence-corrected chi connectivity index (χ3v) is 1.86. The Morgan fingerprint density at radius 2 is 2.00 bits per heavy atom. The summed E-state index contributed by atoms with van der Waals surface area (Å²) in [6, 6.07) is 0. The molecule has 0 aliphatic carbocycles. The Morgan fingerprint density at radius 1 is 1.44 bits per heavy atom. The minimum absolute atomic E-state index is 0.221. The monoisotopic (exact) mass is 229 g/mol. The van der Waals surface area contributed by atoms with Crippen LogP contribution in [0.3, 0.4) is 0 Å². The first kappa shape index (κ1) is 14.6. The van der Waals surface area contributed by atoms with Crippen molar-refractivity contribution < 1.29 is 19.4 Å². The molecule has 0 aromatic carbocycles. The van der Waals surface area contributed by atoms with Gasteiger partial charge in [-0.15, -0.1) is 0 Å². The summed E-state index contributed by atoms with van der Waals surface area (Å²) in [5.74, 6) is -0.997. The second kappa shape index (κ2) is 7.00. The number of rotatable bonds is 6. The number of hydrogen-bond donors (Lipinski definition) is 2. The molecule has 0 saturated carbocycles. The summed E-state index contributed by atoms with van der Waals surface area (Å²) in [4.78, 5) is 22.1. The maximum absolute atomic E-state index is 11.3. The maximum Gasteiger partial charge on any atom is 0.335 e. The van der Waals surface area contributed by atoms with Crippen LogP contribution in [-0.2, 0) is 14.3 Å². The number of carbonyl (C=O) groups is 2. The molecule has 0 rings (SSSR count). The molecular weight excluding hydrogens is 210 g/mol. The fourth-order valence-corrected chi connectivity index (χ4v) is 1.07. The second-order valence-electron chi connectivity index (χ2n) is 3.66. The van der Waals surface area contributed by atoms with Gasteiger partial charge in [0.15, 0.2) is 0 Å². The molecule has 16 heavy (non-hydrogen) atoms. The Labute approximate surface area is 95.5 Å². The Balaban J connectivity index is 4.47. The highest BCUT2D eigenvalue weighted by atomic mass is 16.6. The van der Waals surface area contributed by atoms with E-state index in [0.29, 0.717) is 6.42 Å². The van der Waals surface area contributed by atoms with Gasteiger partial charge in [0, 0.05) is 12.5 Å². The molecule has 0 aliphatic rings. The Kier molecular flexibility index (Phi) is 6.41.